The quantitative estimate of drug-likeness (QED) is 0.622. The molecule has 0 aliphatic carbocycles. The number of rotatable bonds is 6. The number of halogens is 3. The van der Waals surface area contributed by atoms with Crippen molar-refractivity contribution in [3.05, 3.63) is 24.3 Å². The van der Waals surface area contributed by atoms with Crippen LogP contribution < -0.4 is 20.3 Å². The fraction of sp³-hybridized carbons (Fsp3) is 0.500. The molecule has 1 aliphatic rings. The van der Waals surface area contributed by atoms with Gasteiger partial charge in [-0.1, -0.05) is 13.0 Å². The van der Waals surface area contributed by atoms with Gasteiger partial charge in [0, 0.05) is 12.1 Å². The molecule has 0 spiro atoms. The van der Waals surface area contributed by atoms with Gasteiger partial charge in [0.1, 0.15) is 11.7 Å². The number of alkyl halides is 3. The summed E-state index contributed by atoms with van der Waals surface area (Å²) in [7, 11) is -3.04. The molecule has 12 heteroatoms. The van der Waals surface area contributed by atoms with Crippen molar-refractivity contribution >= 4 is 21.7 Å². The minimum atomic E-state index is -4.90. The molecule has 2 rings (SSSR count). The standard InChI is InChI=1S/C14H18F3N3O5S/c1-3-10-11(13(21)24-2)12(19-18-10)26(22,23)20-8-5-4-6-9(7-8)25-14(15,16)17/h4-7,10-12,18-20H,3H2,1-2H3. The number of benzene rings is 1. The van der Waals surface area contributed by atoms with Gasteiger partial charge in [-0.25, -0.2) is 13.8 Å². The highest BCUT2D eigenvalue weighted by molar-refractivity contribution is 7.93. The first-order valence-electron chi connectivity index (χ1n) is 7.53. The normalized spacial score (nSPS) is 23.5. The number of carbonyl (C=O) groups excluding carboxylic acids is 1. The second-order valence-corrected chi connectivity index (χ2v) is 7.30. The molecule has 1 fully saturated rings. The fourth-order valence-corrected chi connectivity index (χ4v) is 4.11. The maximum atomic E-state index is 12.6. The van der Waals surface area contributed by atoms with E-state index < -0.39 is 45.4 Å². The summed E-state index contributed by atoms with van der Waals surface area (Å²) in [6.07, 6.45) is -4.45. The first-order valence-corrected chi connectivity index (χ1v) is 9.08. The van der Waals surface area contributed by atoms with E-state index in [9.17, 15) is 26.4 Å². The van der Waals surface area contributed by atoms with Crippen LogP contribution in [0.25, 0.3) is 0 Å². The highest BCUT2D eigenvalue weighted by atomic mass is 32.2. The number of hydrogen-bond acceptors (Lipinski definition) is 7. The van der Waals surface area contributed by atoms with E-state index >= 15 is 0 Å². The Morgan fingerprint density at radius 3 is 2.58 bits per heavy atom. The van der Waals surface area contributed by atoms with Crippen molar-refractivity contribution in [2.75, 3.05) is 11.8 Å². The molecule has 0 aromatic heterocycles. The van der Waals surface area contributed by atoms with Crippen LogP contribution in [0.15, 0.2) is 24.3 Å². The summed E-state index contributed by atoms with van der Waals surface area (Å²) in [6.45, 7) is 1.76. The summed E-state index contributed by atoms with van der Waals surface area (Å²) in [4.78, 5) is 12.0. The van der Waals surface area contributed by atoms with E-state index in [2.05, 4.69) is 25.0 Å². The molecular weight excluding hydrogens is 379 g/mol. The molecule has 3 unspecified atom stereocenters. The van der Waals surface area contributed by atoms with Crippen LogP contribution in [0.5, 0.6) is 5.75 Å². The molecule has 1 heterocycles. The average molecular weight is 397 g/mol. The second kappa shape index (κ2) is 7.68. The van der Waals surface area contributed by atoms with Crippen molar-refractivity contribution in [3.63, 3.8) is 0 Å². The lowest BCUT2D eigenvalue weighted by atomic mass is 10.00. The van der Waals surface area contributed by atoms with Crippen LogP contribution >= 0.6 is 0 Å². The average Bonchev–Trinajstić information content (AvgIpc) is 2.97. The lowest BCUT2D eigenvalue weighted by Crippen LogP contribution is -2.44. The number of nitrogens with one attached hydrogen (secondary N) is 3. The van der Waals surface area contributed by atoms with Crippen molar-refractivity contribution in [2.24, 2.45) is 5.92 Å². The van der Waals surface area contributed by atoms with Gasteiger partial charge in [-0.05, 0) is 18.6 Å². The summed E-state index contributed by atoms with van der Waals surface area (Å²) in [6, 6.07) is 3.89. The van der Waals surface area contributed by atoms with Crippen LogP contribution in [0.4, 0.5) is 18.9 Å². The van der Waals surface area contributed by atoms with Crippen LogP contribution in [0.3, 0.4) is 0 Å². The van der Waals surface area contributed by atoms with E-state index in [4.69, 9.17) is 0 Å². The summed E-state index contributed by atoms with van der Waals surface area (Å²) in [5.41, 5.74) is 5.09. The van der Waals surface area contributed by atoms with Gasteiger partial charge in [-0.15, -0.1) is 13.2 Å². The lowest BCUT2D eigenvalue weighted by Gasteiger charge is -2.21. The highest BCUT2D eigenvalue weighted by Gasteiger charge is 2.47. The van der Waals surface area contributed by atoms with E-state index in [0.717, 1.165) is 19.2 Å². The minimum Gasteiger partial charge on any atom is -0.469 e. The number of anilines is 1. The monoisotopic (exact) mass is 397 g/mol. The van der Waals surface area contributed by atoms with Gasteiger partial charge in [0.05, 0.1) is 12.8 Å². The molecule has 1 aromatic rings. The Morgan fingerprint density at radius 1 is 1.31 bits per heavy atom. The molecule has 8 nitrogen and oxygen atoms in total. The topological polar surface area (TPSA) is 106 Å². The van der Waals surface area contributed by atoms with Crippen LogP contribution in [-0.4, -0.2) is 39.3 Å². The lowest BCUT2D eigenvalue weighted by molar-refractivity contribution is -0.274. The Labute approximate surface area is 148 Å². The number of hydrogen-bond donors (Lipinski definition) is 3. The molecule has 1 aromatic carbocycles. The number of hydrazine groups is 1. The summed E-state index contributed by atoms with van der Waals surface area (Å²) in [5.74, 6) is -2.33. The molecule has 0 radical (unpaired) electrons. The second-order valence-electron chi connectivity index (χ2n) is 5.50. The molecule has 26 heavy (non-hydrogen) atoms. The Balaban J connectivity index is 2.23. The number of esters is 1. The third kappa shape index (κ3) is 4.77. The van der Waals surface area contributed by atoms with Crippen LogP contribution in [0.1, 0.15) is 13.3 Å². The first-order chi connectivity index (χ1) is 12.1. The zero-order chi connectivity index (χ0) is 19.5. The Hall–Kier alpha value is -2.05. The van der Waals surface area contributed by atoms with E-state index in [0.29, 0.717) is 6.42 Å². The third-order valence-electron chi connectivity index (χ3n) is 3.75. The minimum absolute atomic E-state index is 0.142. The summed E-state index contributed by atoms with van der Waals surface area (Å²) >= 11 is 0. The van der Waals surface area contributed by atoms with Gasteiger partial charge >= 0.3 is 12.3 Å². The highest BCUT2D eigenvalue weighted by Crippen LogP contribution is 2.28. The van der Waals surface area contributed by atoms with Crippen LogP contribution in [0.2, 0.25) is 0 Å². The zero-order valence-corrected chi connectivity index (χ0v) is 14.6. The molecule has 3 N–H and O–H groups in total. The molecular formula is C14H18F3N3O5S. The number of methoxy groups -OCH3 is 1. The Morgan fingerprint density at radius 2 is 2.00 bits per heavy atom. The Bertz CT molecular complexity index is 756. The molecule has 1 aliphatic heterocycles. The maximum Gasteiger partial charge on any atom is 0.573 e. The fourth-order valence-electron chi connectivity index (χ4n) is 2.61. The van der Waals surface area contributed by atoms with Crippen molar-refractivity contribution in [1.82, 2.24) is 10.9 Å². The predicted molar refractivity (Wildman–Crippen MR) is 85.3 cm³/mol. The van der Waals surface area contributed by atoms with Gasteiger partial charge in [-0.2, -0.15) is 0 Å². The van der Waals surface area contributed by atoms with Crippen molar-refractivity contribution in [1.29, 1.82) is 0 Å². The first kappa shape index (κ1) is 20.3. The van der Waals surface area contributed by atoms with Crippen LogP contribution in [-0.2, 0) is 19.6 Å². The van der Waals surface area contributed by atoms with Gasteiger partial charge in [0.2, 0.25) is 0 Å². The maximum absolute atomic E-state index is 12.6. The van der Waals surface area contributed by atoms with Gasteiger partial charge < -0.3 is 9.47 Å². The van der Waals surface area contributed by atoms with Gasteiger partial charge in [0.25, 0.3) is 10.0 Å². The Kier molecular flexibility index (Phi) is 5.98. The largest absolute Gasteiger partial charge is 0.573 e. The van der Waals surface area contributed by atoms with Crippen molar-refractivity contribution < 1.29 is 35.9 Å². The smallest absolute Gasteiger partial charge is 0.469 e. The van der Waals surface area contributed by atoms with Crippen LogP contribution in [0, 0.1) is 5.92 Å². The van der Waals surface area contributed by atoms with E-state index in [1.54, 1.807) is 6.92 Å². The molecule has 1 saturated heterocycles. The molecule has 146 valence electrons. The summed E-state index contributed by atoms with van der Waals surface area (Å²) < 4.78 is 72.6. The summed E-state index contributed by atoms with van der Waals surface area (Å²) in [5, 5.41) is -1.37. The van der Waals surface area contributed by atoms with E-state index in [1.807, 2.05) is 0 Å². The van der Waals surface area contributed by atoms with Crippen molar-refractivity contribution in [3.8, 4) is 5.75 Å². The zero-order valence-electron chi connectivity index (χ0n) is 13.8. The molecule has 3 atom stereocenters. The van der Waals surface area contributed by atoms with E-state index in [1.165, 1.54) is 12.1 Å². The van der Waals surface area contributed by atoms with E-state index in [-0.39, 0.29) is 5.69 Å². The molecule has 0 amide bonds. The van der Waals surface area contributed by atoms with Crippen molar-refractivity contribution in [2.45, 2.75) is 31.1 Å². The number of sulfonamides is 1. The number of ether oxygens (including phenoxy) is 2. The SMILES string of the molecule is CCC1NNC(S(=O)(=O)Nc2cccc(OC(F)(F)F)c2)C1C(=O)OC. The predicted octanol–water partition coefficient (Wildman–Crippen LogP) is 1.33. The van der Waals surface area contributed by atoms with Gasteiger partial charge in [0.15, 0.2) is 5.37 Å². The number of carbonyl (C=O) groups is 1. The molecule has 0 saturated carbocycles. The van der Waals surface area contributed by atoms with Gasteiger partial charge in [-0.3, -0.25) is 14.9 Å². The third-order valence-corrected chi connectivity index (χ3v) is 5.35. The molecule has 0 bridgehead atoms.